The number of hydrogen-bond donors (Lipinski definition) is 1. The van der Waals surface area contributed by atoms with Crippen LogP contribution >= 0.6 is 27.5 Å². The first-order valence-corrected chi connectivity index (χ1v) is 7.64. The third-order valence-corrected chi connectivity index (χ3v) is 4.20. The first-order chi connectivity index (χ1) is 9.52. The molecule has 4 heteroatoms. The van der Waals surface area contributed by atoms with Crippen LogP contribution in [0.15, 0.2) is 40.9 Å². The number of rotatable bonds is 4. The highest BCUT2D eigenvalue weighted by atomic mass is 79.9. The van der Waals surface area contributed by atoms with Crippen molar-refractivity contribution in [3.8, 4) is 5.75 Å². The van der Waals surface area contributed by atoms with Crippen molar-refractivity contribution in [3.05, 3.63) is 62.6 Å². The SMILES string of the molecule is CCOc1ccc(C(N)c2ccc(Cl)c(C)c2)cc1Br. The van der Waals surface area contributed by atoms with Crippen molar-refractivity contribution in [2.75, 3.05) is 6.61 Å². The summed E-state index contributed by atoms with van der Waals surface area (Å²) in [6.45, 7) is 4.58. The molecule has 0 heterocycles. The van der Waals surface area contributed by atoms with Crippen molar-refractivity contribution in [3.63, 3.8) is 0 Å². The molecule has 0 amide bonds. The van der Waals surface area contributed by atoms with Gasteiger partial charge in [-0.15, -0.1) is 0 Å². The van der Waals surface area contributed by atoms with Crippen LogP contribution in [-0.2, 0) is 0 Å². The topological polar surface area (TPSA) is 35.2 Å². The van der Waals surface area contributed by atoms with E-state index in [1.54, 1.807) is 0 Å². The fraction of sp³-hybridized carbons (Fsp3) is 0.250. The minimum atomic E-state index is -0.182. The zero-order valence-corrected chi connectivity index (χ0v) is 13.8. The Labute approximate surface area is 133 Å². The normalized spacial score (nSPS) is 12.2. The maximum absolute atomic E-state index is 6.32. The monoisotopic (exact) mass is 353 g/mol. The lowest BCUT2D eigenvalue weighted by Gasteiger charge is -2.15. The van der Waals surface area contributed by atoms with E-state index in [4.69, 9.17) is 22.1 Å². The Hall–Kier alpha value is -1.03. The zero-order chi connectivity index (χ0) is 14.7. The smallest absolute Gasteiger partial charge is 0.133 e. The number of halogens is 2. The van der Waals surface area contributed by atoms with Crippen LogP contribution in [-0.4, -0.2) is 6.61 Å². The highest BCUT2D eigenvalue weighted by Gasteiger charge is 2.12. The minimum absolute atomic E-state index is 0.182. The van der Waals surface area contributed by atoms with E-state index in [0.717, 1.165) is 31.9 Å². The zero-order valence-electron chi connectivity index (χ0n) is 11.5. The van der Waals surface area contributed by atoms with Crippen LogP contribution in [0.2, 0.25) is 5.02 Å². The number of aryl methyl sites for hydroxylation is 1. The van der Waals surface area contributed by atoms with Gasteiger partial charge in [-0.25, -0.2) is 0 Å². The van der Waals surface area contributed by atoms with Crippen LogP contribution in [0.5, 0.6) is 5.75 Å². The molecule has 0 spiro atoms. The Balaban J connectivity index is 2.30. The van der Waals surface area contributed by atoms with Gasteiger partial charge in [-0.3, -0.25) is 0 Å². The average Bonchev–Trinajstić information content (AvgIpc) is 2.43. The van der Waals surface area contributed by atoms with Crippen molar-refractivity contribution < 1.29 is 4.74 Å². The molecule has 0 bridgehead atoms. The fourth-order valence-electron chi connectivity index (χ4n) is 2.04. The van der Waals surface area contributed by atoms with E-state index in [-0.39, 0.29) is 6.04 Å². The predicted molar refractivity (Wildman–Crippen MR) is 87.5 cm³/mol. The first-order valence-electron chi connectivity index (χ1n) is 6.46. The van der Waals surface area contributed by atoms with E-state index >= 15 is 0 Å². The highest BCUT2D eigenvalue weighted by molar-refractivity contribution is 9.10. The van der Waals surface area contributed by atoms with E-state index in [9.17, 15) is 0 Å². The van der Waals surface area contributed by atoms with Crippen molar-refractivity contribution in [2.45, 2.75) is 19.9 Å². The number of ether oxygens (including phenoxy) is 1. The van der Waals surface area contributed by atoms with Gasteiger partial charge in [0.15, 0.2) is 0 Å². The molecule has 0 aliphatic heterocycles. The van der Waals surface area contributed by atoms with Crippen LogP contribution in [0.4, 0.5) is 0 Å². The summed E-state index contributed by atoms with van der Waals surface area (Å²) >= 11 is 9.56. The Morgan fingerprint density at radius 2 is 1.85 bits per heavy atom. The largest absolute Gasteiger partial charge is 0.493 e. The van der Waals surface area contributed by atoms with Crippen molar-refractivity contribution >= 4 is 27.5 Å². The molecule has 0 saturated heterocycles. The number of benzene rings is 2. The molecule has 2 rings (SSSR count). The first kappa shape index (κ1) is 15.4. The summed E-state index contributed by atoms with van der Waals surface area (Å²) in [6.07, 6.45) is 0. The second-order valence-electron chi connectivity index (χ2n) is 4.61. The highest BCUT2D eigenvalue weighted by Crippen LogP contribution is 2.30. The third-order valence-electron chi connectivity index (χ3n) is 3.16. The summed E-state index contributed by atoms with van der Waals surface area (Å²) in [5, 5.41) is 0.758. The summed E-state index contributed by atoms with van der Waals surface area (Å²) < 4.78 is 6.42. The van der Waals surface area contributed by atoms with Gasteiger partial charge >= 0.3 is 0 Å². The standard InChI is InChI=1S/C16H17BrClNO/c1-3-20-15-7-5-12(9-13(15)17)16(19)11-4-6-14(18)10(2)8-11/h4-9,16H,3,19H2,1-2H3. The van der Waals surface area contributed by atoms with Gasteiger partial charge < -0.3 is 10.5 Å². The molecule has 106 valence electrons. The lowest BCUT2D eigenvalue weighted by atomic mass is 9.98. The molecule has 0 saturated carbocycles. The molecule has 1 unspecified atom stereocenters. The molecule has 2 nitrogen and oxygen atoms in total. The molecule has 2 N–H and O–H groups in total. The van der Waals surface area contributed by atoms with Gasteiger partial charge in [0, 0.05) is 5.02 Å². The van der Waals surface area contributed by atoms with Gasteiger partial charge in [0.25, 0.3) is 0 Å². The Bertz CT molecular complexity index is 615. The lowest BCUT2D eigenvalue weighted by Crippen LogP contribution is -2.12. The van der Waals surface area contributed by atoms with Crippen LogP contribution < -0.4 is 10.5 Å². The quantitative estimate of drug-likeness (QED) is 0.851. The number of hydrogen-bond acceptors (Lipinski definition) is 2. The van der Waals surface area contributed by atoms with Gasteiger partial charge in [0.2, 0.25) is 0 Å². The molecular weight excluding hydrogens is 338 g/mol. The summed E-state index contributed by atoms with van der Waals surface area (Å²) in [6, 6.07) is 11.6. The average molecular weight is 355 g/mol. The summed E-state index contributed by atoms with van der Waals surface area (Å²) in [4.78, 5) is 0. The Kier molecular flexibility index (Phi) is 5.08. The lowest BCUT2D eigenvalue weighted by molar-refractivity contribution is 0.338. The van der Waals surface area contributed by atoms with Crippen LogP contribution in [0.3, 0.4) is 0 Å². The van der Waals surface area contributed by atoms with Gasteiger partial charge in [0.05, 0.1) is 17.1 Å². The molecule has 0 radical (unpaired) electrons. The van der Waals surface area contributed by atoms with Crippen LogP contribution in [0.1, 0.15) is 29.7 Å². The third kappa shape index (κ3) is 3.35. The van der Waals surface area contributed by atoms with Gasteiger partial charge in [0.1, 0.15) is 5.75 Å². The van der Waals surface area contributed by atoms with Crippen LogP contribution in [0.25, 0.3) is 0 Å². The Morgan fingerprint density at radius 3 is 2.45 bits per heavy atom. The molecular formula is C16H17BrClNO. The molecule has 0 fully saturated rings. The maximum atomic E-state index is 6.32. The predicted octanol–water partition coefficient (Wildman–Crippen LogP) is 4.86. The summed E-state index contributed by atoms with van der Waals surface area (Å²) in [5.41, 5.74) is 9.43. The molecule has 20 heavy (non-hydrogen) atoms. The van der Waals surface area contributed by atoms with E-state index < -0.39 is 0 Å². The van der Waals surface area contributed by atoms with E-state index in [2.05, 4.69) is 15.9 Å². The van der Waals surface area contributed by atoms with Crippen molar-refractivity contribution in [1.82, 2.24) is 0 Å². The van der Waals surface area contributed by atoms with Gasteiger partial charge in [-0.1, -0.05) is 29.8 Å². The maximum Gasteiger partial charge on any atom is 0.133 e. The second kappa shape index (κ2) is 6.61. The molecule has 1 atom stereocenters. The van der Waals surface area contributed by atoms with Crippen molar-refractivity contribution in [1.29, 1.82) is 0 Å². The Morgan fingerprint density at radius 1 is 1.20 bits per heavy atom. The van der Waals surface area contributed by atoms with E-state index in [1.165, 1.54) is 0 Å². The van der Waals surface area contributed by atoms with Crippen molar-refractivity contribution in [2.24, 2.45) is 5.73 Å². The second-order valence-corrected chi connectivity index (χ2v) is 5.87. The van der Waals surface area contributed by atoms with Gasteiger partial charge in [-0.05, 0) is 64.7 Å². The van der Waals surface area contributed by atoms with Crippen LogP contribution in [0, 0.1) is 6.92 Å². The fourth-order valence-corrected chi connectivity index (χ4v) is 2.67. The summed E-state index contributed by atoms with van der Waals surface area (Å²) in [5.74, 6) is 0.829. The molecule has 2 aromatic carbocycles. The molecule has 2 aromatic rings. The minimum Gasteiger partial charge on any atom is -0.493 e. The van der Waals surface area contributed by atoms with Gasteiger partial charge in [-0.2, -0.15) is 0 Å². The molecule has 0 aromatic heterocycles. The molecule has 0 aliphatic carbocycles. The van der Waals surface area contributed by atoms with E-state index in [1.807, 2.05) is 50.2 Å². The number of nitrogens with two attached hydrogens (primary N) is 1. The molecule has 0 aliphatic rings. The van der Waals surface area contributed by atoms with E-state index in [0.29, 0.717) is 6.61 Å². The summed E-state index contributed by atoms with van der Waals surface area (Å²) in [7, 11) is 0.